The van der Waals surface area contributed by atoms with E-state index in [1.165, 1.54) is 12.1 Å². The van der Waals surface area contributed by atoms with Gasteiger partial charge in [0.25, 0.3) is 5.91 Å². The Hall–Kier alpha value is -2.54. The van der Waals surface area contributed by atoms with Crippen LogP contribution in [0.2, 0.25) is 0 Å². The number of amides is 1. The summed E-state index contributed by atoms with van der Waals surface area (Å²) in [5.41, 5.74) is 1.92. The molecule has 2 aromatic rings. The summed E-state index contributed by atoms with van der Waals surface area (Å²) in [4.78, 5) is 22.7. The lowest BCUT2D eigenvalue weighted by atomic mass is 10.2. The SMILES string of the molecule is Cc1cc(C(=O)NCCN(C)C)nc(NCc2ccc(F)cc2)n1. The fourth-order valence-corrected chi connectivity index (χ4v) is 2.03. The number of halogens is 1. The van der Waals surface area contributed by atoms with Crippen molar-refractivity contribution in [3.8, 4) is 0 Å². The number of anilines is 1. The van der Waals surface area contributed by atoms with Crippen LogP contribution in [0.1, 0.15) is 21.7 Å². The van der Waals surface area contributed by atoms with Gasteiger partial charge < -0.3 is 15.5 Å². The maximum absolute atomic E-state index is 12.9. The molecule has 0 aliphatic rings. The molecule has 6 nitrogen and oxygen atoms in total. The minimum Gasteiger partial charge on any atom is -0.350 e. The molecular weight excluding hydrogens is 309 g/mol. The lowest BCUT2D eigenvalue weighted by Gasteiger charge is -2.11. The number of aromatic nitrogens is 2. The quantitative estimate of drug-likeness (QED) is 0.810. The highest BCUT2D eigenvalue weighted by atomic mass is 19.1. The first-order valence-electron chi connectivity index (χ1n) is 7.71. The Morgan fingerprint density at radius 3 is 2.58 bits per heavy atom. The molecule has 0 bridgehead atoms. The van der Waals surface area contributed by atoms with E-state index in [1.807, 2.05) is 19.0 Å². The van der Waals surface area contributed by atoms with Crippen LogP contribution >= 0.6 is 0 Å². The van der Waals surface area contributed by atoms with Crippen LogP contribution < -0.4 is 10.6 Å². The Bertz CT molecular complexity index is 688. The monoisotopic (exact) mass is 331 g/mol. The smallest absolute Gasteiger partial charge is 0.270 e. The average Bonchev–Trinajstić information content (AvgIpc) is 2.53. The van der Waals surface area contributed by atoms with Gasteiger partial charge in [0.1, 0.15) is 11.5 Å². The second kappa shape index (κ2) is 8.35. The maximum Gasteiger partial charge on any atom is 0.270 e. The third-order valence-electron chi connectivity index (χ3n) is 3.30. The minimum atomic E-state index is -0.276. The van der Waals surface area contributed by atoms with E-state index < -0.39 is 0 Å². The average molecular weight is 331 g/mol. The summed E-state index contributed by atoms with van der Waals surface area (Å²) in [5, 5.41) is 5.88. The van der Waals surface area contributed by atoms with Gasteiger partial charge in [0.2, 0.25) is 5.95 Å². The van der Waals surface area contributed by atoms with Crippen LogP contribution in [0.4, 0.5) is 10.3 Å². The summed E-state index contributed by atoms with van der Waals surface area (Å²) < 4.78 is 12.9. The van der Waals surface area contributed by atoms with Gasteiger partial charge in [0.05, 0.1) is 0 Å². The number of carbonyl (C=O) groups is 1. The maximum atomic E-state index is 12.9. The van der Waals surface area contributed by atoms with Gasteiger partial charge in [-0.1, -0.05) is 12.1 Å². The molecule has 24 heavy (non-hydrogen) atoms. The first-order valence-corrected chi connectivity index (χ1v) is 7.71. The molecule has 0 aliphatic carbocycles. The van der Waals surface area contributed by atoms with E-state index >= 15 is 0 Å². The molecule has 0 aliphatic heterocycles. The zero-order valence-corrected chi connectivity index (χ0v) is 14.1. The highest BCUT2D eigenvalue weighted by Gasteiger charge is 2.10. The Morgan fingerprint density at radius 1 is 1.21 bits per heavy atom. The van der Waals surface area contributed by atoms with Crippen molar-refractivity contribution >= 4 is 11.9 Å². The van der Waals surface area contributed by atoms with E-state index in [1.54, 1.807) is 25.1 Å². The Balaban J connectivity index is 1.99. The van der Waals surface area contributed by atoms with Crippen LogP contribution in [0, 0.1) is 12.7 Å². The van der Waals surface area contributed by atoms with Crippen LogP contribution in [-0.2, 0) is 6.54 Å². The summed E-state index contributed by atoms with van der Waals surface area (Å²) >= 11 is 0. The molecule has 1 aromatic carbocycles. The number of likely N-dealkylation sites (N-methyl/N-ethyl adjacent to an activating group) is 1. The van der Waals surface area contributed by atoms with Crippen molar-refractivity contribution in [2.24, 2.45) is 0 Å². The zero-order chi connectivity index (χ0) is 17.5. The second-order valence-corrected chi connectivity index (χ2v) is 5.76. The minimum absolute atomic E-state index is 0.229. The molecule has 1 aromatic heterocycles. The highest BCUT2D eigenvalue weighted by Crippen LogP contribution is 2.08. The largest absolute Gasteiger partial charge is 0.350 e. The van der Waals surface area contributed by atoms with Crippen LogP contribution in [0.25, 0.3) is 0 Å². The van der Waals surface area contributed by atoms with E-state index in [4.69, 9.17) is 0 Å². The van der Waals surface area contributed by atoms with E-state index in [-0.39, 0.29) is 11.7 Å². The fourth-order valence-electron chi connectivity index (χ4n) is 2.03. The molecule has 128 valence electrons. The topological polar surface area (TPSA) is 70.2 Å². The van der Waals surface area contributed by atoms with Crippen LogP contribution in [0.15, 0.2) is 30.3 Å². The summed E-state index contributed by atoms with van der Waals surface area (Å²) in [7, 11) is 3.89. The van der Waals surface area contributed by atoms with Gasteiger partial charge in [0, 0.05) is 25.3 Å². The molecule has 7 heteroatoms. The summed E-state index contributed by atoms with van der Waals surface area (Å²) in [6.45, 7) is 3.56. The van der Waals surface area contributed by atoms with Crippen LogP contribution in [0.5, 0.6) is 0 Å². The fraction of sp³-hybridized carbons (Fsp3) is 0.353. The lowest BCUT2D eigenvalue weighted by Crippen LogP contribution is -2.32. The summed E-state index contributed by atoms with van der Waals surface area (Å²) in [6.07, 6.45) is 0. The van der Waals surface area contributed by atoms with Crippen molar-refractivity contribution in [1.29, 1.82) is 0 Å². The predicted octanol–water partition coefficient (Wildman–Crippen LogP) is 1.83. The van der Waals surface area contributed by atoms with E-state index in [0.29, 0.717) is 30.4 Å². The molecule has 0 atom stereocenters. The molecular formula is C17H22FN5O. The highest BCUT2D eigenvalue weighted by molar-refractivity contribution is 5.92. The molecule has 0 radical (unpaired) electrons. The van der Waals surface area contributed by atoms with Gasteiger partial charge in [-0.2, -0.15) is 0 Å². The number of aryl methyl sites for hydroxylation is 1. The molecule has 1 amide bonds. The number of carbonyl (C=O) groups excluding carboxylic acids is 1. The van der Waals surface area contributed by atoms with Gasteiger partial charge in [-0.05, 0) is 44.8 Å². The van der Waals surface area contributed by atoms with Crippen molar-refractivity contribution in [3.63, 3.8) is 0 Å². The number of hydrogen-bond donors (Lipinski definition) is 2. The van der Waals surface area contributed by atoms with Crippen molar-refractivity contribution < 1.29 is 9.18 Å². The van der Waals surface area contributed by atoms with E-state index in [2.05, 4.69) is 20.6 Å². The number of nitrogens with one attached hydrogen (secondary N) is 2. The first-order chi connectivity index (χ1) is 11.4. The molecule has 0 saturated carbocycles. The molecule has 0 saturated heterocycles. The van der Waals surface area contributed by atoms with Crippen LogP contribution in [-0.4, -0.2) is 48.0 Å². The van der Waals surface area contributed by atoms with Crippen molar-refractivity contribution in [3.05, 3.63) is 53.1 Å². The molecule has 0 unspecified atom stereocenters. The number of hydrogen-bond acceptors (Lipinski definition) is 5. The Kier molecular flexibility index (Phi) is 6.20. The molecule has 2 N–H and O–H groups in total. The second-order valence-electron chi connectivity index (χ2n) is 5.76. The van der Waals surface area contributed by atoms with Crippen LogP contribution in [0.3, 0.4) is 0 Å². The lowest BCUT2D eigenvalue weighted by molar-refractivity contribution is 0.0946. The number of rotatable bonds is 7. The van der Waals surface area contributed by atoms with Gasteiger partial charge >= 0.3 is 0 Å². The number of nitrogens with zero attached hydrogens (tertiary/aromatic N) is 3. The standard InChI is InChI=1S/C17H22FN5O/c1-12-10-15(16(24)19-8-9-23(2)3)22-17(21-12)20-11-13-4-6-14(18)7-5-13/h4-7,10H,8-9,11H2,1-3H3,(H,19,24)(H,20,21,22). The third-order valence-corrected chi connectivity index (χ3v) is 3.30. The Labute approximate surface area is 141 Å². The Morgan fingerprint density at radius 2 is 1.92 bits per heavy atom. The predicted molar refractivity (Wildman–Crippen MR) is 91.4 cm³/mol. The summed E-state index contributed by atoms with van der Waals surface area (Å²) in [5.74, 6) is -0.133. The van der Waals surface area contributed by atoms with Crippen molar-refractivity contribution in [2.45, 2.75) is 13.5 Å². The number of benzene rings is 1. The molecule has 0 spiro atoms. The molecule has 0 fully saturated rings. The van der Waals surface area contributed by atoms with E-state index in [0.717, 1.165) is 12.1 Å². The molecule has 2 rings (SSSR count). The zero-order valence-electron chi connectivity index (χ0n) is 14.1. The van der Waals surface area contributed by atoms with Gasteiger partial charge in [-0.15, -0.1) is 0 Å². The van der Waals surface area contributed by atoms with Gasteiger partial charge in [-0.3, -0.25) is 4.79 Å². The molecule has 1 heterocycles. The normalized spacial score (nSPS) is 10.7. The first kappa shape index (κ1) is 17.8. The van der Waals surface area contributed by atoms with E-state index in [9.17, 15) is 9.18 Å². The van der Waals surface area contributed by atoms with Gasteiger partial charge in [0.15, 0.2) is 0 Å². The van der Waals surface area contributed by atoms with Gasteiger partial charge in [-0.25, -0.2) is 14.4 Å². The summed E-state index contributed by atoms with van der Waals surface area (Å²) in [6, 6.07) is 7.82. The van der Waals surface area contributed by atoms with Crippen molar-refractivity contribution in [1.82, 2.24) is 20.2 Å². The van der Waals surface area contributed by atoms with Crippen molar-refractivity contribution in [2.75, 3.05) is 32.5 Å². The third kappa shape index (κ3) is 5.58.